The molecule has 0 fully saturated rings. The summed E-state index contributed by atoms with van der Waals surface area (Å²) in [6, 6.07) is 10.1. The van der Waals surface area contributed by atoms with E-state index in [2.05, 4.69) is 15.5 Å². The molecule has 0 unspecified atom stereocenters. The van der Waals surface area contributed by atoms with E-state index in [0.29, 0.717) is 22.3 Å². The third-order valence-electron chi connectivity index (χ3n) is 3.29. The van der Waals surface area contributed by atoms with Gasteiger partial charge in [-0.2, -0.15) is 5.10 Å². The molecule has 0 aliphatic rings. The minimum Gasteiger partial charge on any atom is -0.497 e. The number of methoxy groups -OCH3 is 1. The highest BCUT2D eigenvalue weighted by atomic mass is 19.1. The van der Waals surface area contributed by atoms with E-state index in [4.69, 9.17) is 4.74 Å². The molecular weight excluding hydrogens is 301 g/mol. The van der Waals surface area contributed by atoms with E-state index in [1.807, 2.05) is 0 Å². The van der Waals surface area contributed by atoms with Gasteiger partial charge in [-0.3, -0.25) is 14.7 Å². The highest BCUT2D eigenvalue weighted by molar-refractivity contribution is 6.04. The Labute approximate surface area is 129 Å². The Kier molecular flexibility index (Phi) is 3.76. The Balaban J connectivity index is 1.98. The summed E-state index contributed by atoms with van der Waals surface area (Å²) in [5.41, 5.74) is 0.0600. The van der Waals surface area contributed by atoms with Crippen LogP contribution in [0.5, 0.6) is 5.75 Å². The van der Waals surface area contributed by atoms with E-state index in [1.54, 1.807) is 12.1 Å². The number of carbonyl (C=O) groups excluding carboxylic acids is 1. The van der Waals surface area contributed by atoms with Gasteiger partial charge in [-0.15, -0.1) is 0 Å². The number of fused-ring (bicyclic) bond motifs is 1. The van der Waals surface area contributed by atoms with Crippen LogP contribution >= 0.6 is 0 Å². The first-order chi connectivity index (χ1) is 11.1. The average Bonchev–Trinajstić information content (AvgIpc) is 2.57. The maximum Gasteiger partial charge on any atom is 0.280 e. The molecule has 0 aliphatic carbocycles. The van der Waals surface area contributed by atoms with Gasteiger partial charge in [0.1, 0.15) is 11.6 Å². The van der Waals surface area contributed by atoms with Gasteiger partial charge in [0.15, 0.2) is 5.69 Å². The lowest BCUT2D eigenvalue weighted by Crippen LogP contribution is -2.24. The van der Waals surface area contributed by atoms with Crippen LogP contribution in [0.15, 0.2) is 47.3 Å². The van der Waals surface area contributed by atoms with Crippen molar-refractivity contribution in [1.29, 1.82) is 0 Å². The monoisotopic (exact) mass is 313 g/mol. The molecular formula is C16H12FN3O3. The Morgan fingerprint density at radius 2 is 1.96 bits per heavy atom. The number of hydrogen-bond donors (Lipinski definition) is 2. The van der Waals surface area contributed by atoms with Gasteiger partial charge in [-0.25, -0.2) is 4.39 Å². The zero-order valence-electron chi connectivity index (χ0n) is 12.1. The summed E-state index contributed by atoms with van der Waals surface area (Å²) < 4.78 is 17.9. The first-order valence-corrected chi connectivity index (χ1v) is 6.72. The van der Waals surface area contributed by atoms with Gasteiger partial charge in [-0.05, 0) is 42.5 Å². The number of hydrogen-bond acceptors (Lipinski definition) is 4. The molecule has 0 bridgehead atoms. The van der Waals surface area contributed by atoms with Crippen LogP contribution in [0.25, 0.3) is 10.9 Å². The lowest BCUT2D eigenvalue weighted by molar-refractivity contribution is 0.102. The number of aromatic nitrogens is 2. The second-order valence-electron chi connectivity index (χ2n) is 4.77. The van der Waals surface area contributed by atoms with E-state index in [9.17, 15) is 14.0 Å². The van der Waals surface area contributed by atoms with Gasteiger partial charge < -0.3 is 10.1 Å². The zero-order valence-corrected chi connectivity index (χ0v) is 12.1. The molecule has 0 saturated heterocycles. The summed E-state index contributed by atoms with van der Waals surface area (Å²) in [5.74, 6) is -0.599. The Morgan fingerprint density at radius 3 is 2.65 bits per heavy atom. The Bertz CT molecular complexity index is 935. The number of halogens is 1. The average molecular weight is 313 g/mol. The molecule has 0 spiro atoms. The fourth-order valence-electron chi connectivity index (χ4n) is 2.11. The molecule has 23 heavy (non-hydrogen) atoms. The SMILES string of the molecule is COc1ccc2[nH]nc(C(=O)Nc3ccc(F)cc3)c(=O)c2c1. The molecule has 2 N–H and O–H groups in total. The summed E-state index contributed by atoms with van der Waals surface area (Å²) in [6.45, 7) is 0. The number of nitrogens with zero attached hydrogens (tertiary/aromatic N) is 1. The number of amides is 1. The molecule has 1 aromatic heterocycles. The highest BCUT2D eigenvalue weighted by Gasteiger charge is 2.15. The van der Waals surface area contributed by atoms with E-state index in [-0.39, 0.29) is 5.69 Å². The van der Waals surface area contributed by atoms with Crippen LogP contribution in [0.2, 0.25) is 0 Å². The van der Waals surface area contributed by atoms with E-state index >= 15 is 0 Å². The largest absolute Gasteiger partial charge is 0.497 e. The van der Waals surface area contributed by atoms with Crippen LogP contribution in [0, 0.1) is 5.82 Å². The molecule has 3 aromatic rings. The van der Waals surface area contributed by atoms with Crippen molar-refractivity contribution in [1.82, 2.24) is 10.2 Å². The third kappa shape index (κ3) is 2.89. The van der Waals surface area contributed by atoms with Crippen molar-refractivity contribution in [3.8, 4) is 5.75 Å². The van der Waals surface area contributed by atoms with Crippen LogP contribution in [0.3, 0.4) is 0 Å². The number of carbonyl (C=O) groups is 1. The van der Waals surface area contributed by atoms with E-state index in [1.165, 1.54) is 37.4 Å². The predicted molar refractivity (Wildman–Crippen MR) is 83.3 cm³/mol. The van der Waals surface area contributed by atoms with Crippen molar-refractivity contribution in [3.63, 3.8) is 0 Å². The Morgan fingerprint density at radius 1 is 1.22 bits per heavy atom. The molecule has 6 nitrogen and oxygen atoms in total. The minimum atomic E-state index is -0.678. The van der Waals surface area contributed by atoms with E-state index in [0.717, 1.165) is 0 Å². The number of rotatable bonds is 3. The summed E-state index contributed by atoms with van der Waals surface area (Å²) in [6.07, 6.45) is 0. The summed E-state index contributed by atoms with van der Waals surface area (Å²) in [5, 5.41) is 9.27. The fourth-order valence-corrected chi connectivity index (χ4v) is 2.11. The molecule has 2 aromatic carbocycles. The molecule has 0 atom stereocenters. The van der Waals surface area contributed by atoms with Crippen LogP contribution in [0.4, 0.5) is 10.1 Å². The van der Waals surface area contributed by atoms with Crippen LogP contribution < -0.4 is 15.5 Å². The van der Waals surface area contributed by atoms with Crippen molar-refractivity contribution < 1.29 is 13.9 Å². The van der Waals surface area contributed by atoms with E-state index < -0.39 is 17.2 Å². The smallest absolute Gasteiger partial charge is 0.280 e. The quantitative estimate of drug-likeness (QED) is 0.777. The highest BCUT2D eigenvalue weighted by Crippen LogP contribution is 2.16. The van der Waals surface area contributed by atoms with Crippen molar-refractivity contribution in [2.24, 2.45) is 0 Å². The van der Waals surface area contributed by atoms with Crippen LogP contribution in [-0.2, 0) is 0 Å². The molecule has 0 saturated carbocycles. The third-order valence-corrected chi connectivity index (χ3v) is 3.29. The van der Waals surface area contributed by atoms with Crippen molar-refractivity contribution in [2.75, 3.05) is 12.4 Å². The van der Waals surface area contributed by atoms with Gasteiger partial charge in [-0.1, -0.05) is 0 Å². The molecule has 1 amide bonds. The van der Waals surface area contributed by atoms with Gasteiger partial charge in [0.2, 0.25) is 5.43 Å². The summed E-state index contributed by atoms with van der Waals surface area (Å²) >= 11 is 0. The Hall–Kier alpha value is -3.22. The lowest BCUT2D eigenvalue weighted by atomic mass is 10.2. The minimum absolute atomic E-state index is 0.282. The maximum absolute atomic E-state index is 12.9. The number of H-pyrrole nitrogens is 1. The first-order valence-electron chi connectivity index (χ1n) is 6.72. The number of anilines is 1. The molecule has 1 heterocycles. The molecule has 116 valence electrons. The summed E-state index contributed by atoms with van der Waals surface area (Å²) in [7, 11) is 1.48. The molecule has 3 rings (SSSR count). The number of benzene rings is 2. The first kappa shape index (κ1) is 14.7. The maximum atomic E-state index is 12.9. The lowest BCUT2D eigenvalue weighted by Gasteiger charge is -2.06. The predicted octanol–water partition coefficient (Wildman–Crippen LogP) is 2.32. The number of ether oxygens (including phenoxy) is 1. The zero-order chi connectivity index (χ0) is 16.4. The van der Waals surface area contributed by atoms with Crippen molar-refractivity contribution >= 4 is 22.5 Å². The second-order valence-corrected chi connectivity index (χ2v) is 4.77. The fraction of sp³-hybridized carbons (Fsp3) is 0.0625. The van der Waals surface area contributed by atoms with Gasteiger partial charge in [0.05, 0.1) is 18.0 Å². The van der Waals surface area contributed by atoms with Crippen LogP contribution in [-0.4, -0.2) is 23.2 Å². The molecule has 7 heteroatoms. The standard InChI is InChI=1S/C16H12FN3O3/c1-23-11-6-7-13-12(8-11)15(21)14(20-19-13)16(22)18-10-4-2-9(17)3-5-10/h2-8H,1H3,(H,18,22)(H,19,21). The number of aromatic amines is 1. The summed E-state index contributed by atoms with van der Waals surface area (Å²) in [4.78, 5) is 24.6. The van der Waals surface area contributed by atoms with Gasteiger partial charge >= 0.3 is 0 Å². The van der Waals surface area contributed by atoms with Gasteiger partial charge in [0.25, 0.3) is 5.91 Å². The number of nitrogens with one attached hydrogen (secondary N) is 2. The van der Waals surface area contributed by atoms with Crippen LogP contribution in [0.1, 0.15) is 10.5 Å². The molecule has 0 aliphatic heterocycles. The van der Waals surface area contributed by atoms with Crippen molar-refractivity contribution in [2.45, 2.75) is 0 Å². The normalized spacial score (nSPS) is 10.5. The second kappa shape index (κ2) is 5.88. The van der Waals surface area contributed by atoms with Gasteiger partial charge in [0, 0.05) is 5.69 Å². The van der Waals surface area contributed by atoms with Crippen molar-refractivity contribution in [3.05, 3.63) is 64.2 Å². The molecule has 0 radical (unpaired) electrons. The topological polar surface area (TPSA) is 84.1 Å².